The third-order valence-electron chi connectivity index (χ3n) is 3.61. The number of amides is 2. The Morgan fingerprint density at radius 1 is 1.04 bits per heavy atom. The average molecular weight is 322 g/mol. The smallest absolute Gasteiger partial charge is 0.274 e. The van der Waals surface area contributed by atoms with E-state index in [4.69, 9.17) is 0 Å². The number of aromatic nitrogens is 2. The molecule has 122 valence electrons. The third-order valence-corrected chi connectivity index (χ3v) is 3.61. The van der Waals surface area contributed by atoms with Crippen LogP contribution in [0, 0.1) is 13.8 Å². The van der Waals surface area contributed by atoms with Gasteiger partial charge in [0.2, 0.25) is 5.91 Å². The third kappa shape index (κ3) is 3.12. The fourth-order valence-electron chi connectivity index (χ4n) is 2.61. The van der Waals surface area contributed by atoms with Gasteiger partial charge >= 0.3 is 0 Å². The van der Waals surface area contributed by atoms with Gasteiger partial charge in [0, 0.05) is 24.5 Å². The monoisotopic (exact) mass is 322 g/mol. The number of carbonyl (C=O) groups excluding carboxylic acids is 2. The molecule has 3 rings (SSSR count). The molecule has 2 aromatic heterocycles. The maximum atomic E-state index is 12.7. The van der Waals surface area contributed by atoms with E-state index in [0.717, 1.165) is 11.2 Å². The lowest BCUT2D eigenvalue weighted by atomic mass is 10.2. The number of rotatable bonds is 3. The highest BCUT2D eigenvalue weighted by molar-refractivity contribution is 6.04. The van der Waals surface area contributed by atoms with Crippen LogP contribution in [0.3, 0.4) is 0 Å². The van der Waals surface area contributed by atoms with Crippen molar-refractivity contribution < 1.29 is 9.59 Å². The van der Waals surface area contributed by atoms with Gasteiger partial charge in [-0.1, -0.05) is 6.07 Å². The van der Waals surface area contributed by atoms with Crippen LogP contribution in [0.15, 0.2) is 42.6 Å². The summed E-state index contributed by atoms with van der Waals surface area (Å²) in [4.78, 5) is 28.2. The lowest BCUT2D eigenvalue weighted by Gasteiger charge is -2.08. The molecule has 0 unspecified atom stereocenters. The Kier molecular flexibility index (Phi) is 4.04. The van der Waals surface area contributed by atoms with E-state index in [-0.39, 0.29) is 11.8 Å². The molecule has 24 heavy (non-hydrogen) atoms. The summed E-state index contributed by atoms with van der Waals surface area (Å²) in [5.74, 6) is -0.407. The molecule has 3 aromatic rings. The van der Waals surface area contributed by atoms with Gasteiger partial charge in [-0.05, 0) is 49.7 Å². The zero-order chi connectivity index (χ0) is 17.3. The molecule has 0 saturated heterocycles. The van der Waals surface area contributed by atoms with E-state index in [2.05, 4.69) is 15.6 Å². The van der Waals surface area contributed by atoms with Gasteiger partial charge < -0.3 is 10.6 Å². The zero-order valence-electron chi connectivity index (χ0n) is 13.8. The maximum Gasteiger partial charge on any atom is 0.274 e. The first kappa shape index (κ1) is 15.7. The number of aryl methyl sites for hydroxylation is 2. The molecule has 0 saturated carbocycles. The Morgan fingerprint density at radius 2 is 1.75 bits per heavy atom. The zero-order valence-corrected chi connectivity index (χ0v) is 13.8. The quantitative estimate of drug-likeness (QED) is 0.778. The van der Waals surface area contributed by atoms with E-state index in [9.17, 15) is 9.59 Å². The van der Waals surface area contributed by atoms with Gasteiger partial charge in [-0.25, -0.2) is 4.98 Å². The number of nitrogens with one attached hydrogen (secondary N) is 2. The van der Waals surface area contributed by atoms with Gasteiger partial charge in [0.05, 0.1) is 5.69 Å². The average Bonchev–Trinajstić information content (AvgIpc) is 2.81. The van der Waals surface area contributed by atoms with E-state index in [1.54, 1.807) is 28.7 Å². The van der Waals surface area contributed by atoms with E-state index >= 15 is 0 Å². The number of nitrogens with zero attached hydrogens (tertiary/aromatic N) is 2. The Morgan fingerprint density at radius 3 is 2.46 bits per heavy atom. The summed E-state index contributed by atoms with van der Waals surface area (Å²) in [5.41, 5.74) is 4.22. The predicted octanol–water partition coefficient (Wildman–Crippen LogP) is 3.16. The summed E-state index contributed by atoms with van der Waals surface area (Å²) >= 11 is 0. The molecule has 0 aliphatic rings. The van der Waals surface area contributed by atoms with Crippen molar-refractivity contribution in [3.63, 3.8) is 0 Å². The lowest BCUT2D eigenvalue weighted by molar-refractivity contribution is -0.114. The minimum Gasteiger partial charge on any atom is -0.326 e. The van der Waals surface area contributed by atoms with Crippen LogP contribution < -0.4 is 10.6 Å². The van der Waals surface area contributed by atoms with Crippen molar-refractivity contribution in [2.24, 2.45) is 0 Å². The summed E-state index contributed by atoms with van der Waals surface area (Å²) in [6, 6.07) is 10.9. The van der Waals surface area contributed by atoms with Crippen LogP contribution in [0.2, 0.25) is 0 Å². The summed E-state index contributed by atoms with van der Waals surface area (Å²) < 4.78 is 1.77. The highest BCUT2D eigenvalue weighted by Gasteiger charge is 2.16. The SMILES string of the molecule is CC(=O)Nc1cccc(NC(=O)c2c(C)nc3cc(C)ccn23)c1. The standard InChI is InChI=1S/C18H18N4O2/c1-11-7-8-22-16(9-11)19-12(2)17(22)18(24)21-15-6-4-5-14(10-15)20-13(3)23/h4-10H,1-3H3,(H,20,23)(H,21,24). The van der Waals surface area contributed by atoms with Crippen molar-refractivity contribution in [3.05, 3.63) is 59.5 Å². The molecule has 6 heteroatoms. The Labute approximate surface area is 139 Å². The van der Waals surface area contributed by atoms with Crippen LogP contribution in [0.1, 0.15) is 28.7 Å². The molecule has 0 aliphatic heterocycles. The molecule has 0 spiro atoms. The van der Waals surface area contributed by atoms with Gasteiger partial charge in [0.25, 0.3) is 5.91 Å². The van der Waals surface area contributed by atoms with Crippen molar-refractivity contribution in [2.75, 3.05) is 10.6 Å². The van der Waals surface area contributed by atoms with Gasteiger partial charge in [-0.3, -0.25) is 14.0 Å². The Hall–Kier alpha value is -3.15. The molecular weight excluding hydrogens is 304 g/mol. The van der Waals surface area contributed by atoms with E-state index in [0.29, 0.717) is 22.8 Å². The van der Waals surface area contributed by atoms with Gasteiger partial charge in [0.15, 0.2) is 0 Å². The first-order valence-electron chi connectivity index (χ1n) is 7.58. The fourth-order valence-corrected chi connectivity index (χ4v) is 2.61. The van der Waals surface area contributed by atoms with Crippen molar-refractivity contribution in [1.29, 1.82) is 0 Å². The van der Waals surface area contributed by atoms with Crippen molar-refractivity contribution in [3.8, 4) is 0 Å². The first-order chi connectivity index (χ1) is 11.4. The Bertz CT molecular complexity index is 943. The predicted molar refractivity (Wildman–Crippen MR) is 93.4 cm³/mol. The second-order valence-electron chi connectivity index (χ2n) is 5.69. The van der Waals surface area contributed by atoms with Crippen LogP contribution >= 0.6 is 0 Å². The van der Waals surface area contributed by atoms with Gasteiger partial charge in [-0.2, -0.15) is 0 Å². The minimum absolute atomic E-state index is 0.161. The molecule has 0 fully saturated rings. The van der Waals surface area contributed by atoms with Crippen LogP contribution in [-0.2, 0) is 4.79 Å². The minimum atomic E-state index is -0.246. The number of hydrogen-bond acceptors (Lipinski definition) is 3. The van der Waals surface area contributed by atoms with Crippen LogP contribution in [0.4, 0.5) is 11.4 Å². The molecule has 0 aliphatic carbocycles. The number of anilines is 2. The number of hydrogen-bond donors (Lipinski definition) is 2. The molecule has 2 amide bonds. The first-order valence-corrected chi connectivity index (χ1v) is 7.58. The molecule has 6 nitrogen and oxygen atoms in total. The molecule has 0 bridgehead atoms. The molecule has 0 radical (unpaired) electrons. The second kappa shape index (κ2) is 6.16. The number of carbonyl (C=O) groups is 2. The normalized spacial score (nSPS) is 10.6. The van der Waals surface area contributed by atoms with Crippen molar-refractivity contribution >= 4 is 28.8 Å². The topological polar surface area (TPSA) is 75.5 Å². The van der Waals surface area contributed by atoms with Crippen LogP contribution in [-0.4, -0.2) is 21.2 Å². The Balaban J connectivity index is 1.90. The van der Waals surface area contributed by atoms with Gasteiger partial charge in [0.1, 0.15) is 11.3 Å². The highest BCUT2D eigenvalue weighted by atomic mass is 16.2. The lowest BCUT2D eigenvalue weighted by Crippen LogP contribution is -2.16. The summed E-state index contributed by atoms with van der Waals surface area (Å²) in [6.45, 7) is 5.23. The van der Waals surface area contributed by atoms with Crippen LogP contribution in [0.5, 0.6) is 0 Å². The number of pyridine rings is 1. The van der Waals surface area contributed by atoms with Crippen molar-refractivity contribution in [2.45, 2.75) is 20.8 Å². The molecular formula is C18H18N4O2. The number of imidazole rings is 1. The number of fused-ring (bicyclic) bond motifs is 1. The highest BCUT2D eigenvalue weighted by Crippen LogP contribution is 2.18. The second-order valence-corrected chi connectivity index (χ2v) is 5.69. The number of benzene rings is 1. The van der Waals surface area contributed by atoms with Crippen LogP contribution in [0.25, 0.3) is 5.65 Å². The summed E-state index contributed by atoms with van der Waals surface area (Å²) in [6.07, 6.45) is 1.84. The summed E-state index contributed by atoms with van der Waals surface area (Å²) in [7, 11) is 0. The largest absolute Gasteiger partial charge is 0.326 e. The fraction of sp³-hybridized carbons (Fsp3) is 0.167. The molecule has 2 heterocycles. The van der Waals surface area contributed by atoms with E-state index in [1.165, 1.54) is 6.92 Å². The molecule has 0 atom stereocenters. The summed E-state index contributed by atoms with van der Waals surface area (Å²) in [5, 5.41) is 5.55. The maximum absolute atomic E-state index is 12.7. The van der Waals surface area contributed by atoms with Gasteiger partial charge in [-0.15, -0.1) is 0 Å². The van der Waals surface area contributed by atoms with E-state index < -0.39 is 0 Å². The van der Waals surface area contributed by atoms with Crippen molar-refractivity contribution in [1.82, 2.24) is 9.38 Å². The van der Waals surface area contributed by atoms with E-state index in [1.807, 2.05) is 32.2 Å². The molecule has 1 aromatic carbocycles. The molecule has 2 N–H and O–H groups in total.